The third kappa shape index (κ3) is 3.68. The minimum Gasteiger partial charge on any atom is -0.486 e. The first-order valence-corrected chi connectivity index (χ1v) is 7.80. The van der Waals surface area contributed by atoms with Crippen molar-refractivity contribution < 1.29 is 9.53 Å². The summed E-state index contributed by atoms with van der Waals surface area (Å²) < 4.78 is 8.29. The predicted molar refractivity (Wildman–Crippen MR) is 85.7 cm³/mol. The number of carbonyl (C=O) groups is 1. The SMILES string of the molecule is O=Cc1cc(Br)c(OCc2ccccc2Br)c(Br)c1. The Hall–Kier alpha value is -0.650. The van der Waals surface area contributed by atoms with Gasteiger partial charge in [0.15, 0.2) is 0 Å². The molecule has 5 heteroatoms. The number of hydrogen-bond acceptors (Lipinski definition) is 2. The predicted octanol–water partition coefficient (Wildman–Crippen LogP) is 5.37. The molecule has 2 aromatic carbocycles. The van der Waals surface area contributed by atoms with Gasteiger partial charge in [0.05, 0.1) is 8.95 Å². The highest BCUT2D eigenvalue weighted by molar-refractivity contribution is 9.11. The van der Waals surface area contributed by atoms with Crippen molar-refractivity contribution in [1.29, 1.82) is 0 Å². The van der Waals surface area contributed by atoms with Crippen LogP contribution in [-0.4, -0.2) is 6.29 Å². The molecule has 0 fully saturated rings. The Labute approximate surface area is 136 Å². The minimum atomic E-state index is 0.444. The molecule has 0 saturated heterocycles. The van der Waals surface area contributed by atoms with Gasteiger partial charge in [-0.3, -0.25) is 4.79 Å². The second-order valence-electron chi connectivity index (χ2n) is 3.81. The molecule has 0 unspecified atom stereocenters. The number of benzene rings is 2. The summed E-state index contributed by atoms with van der Waals surface area (Å²) >= 11 is 10.3. The molecule has 0 atom stereocenters. The van der Waals surface area contributed by atoms with Crippen LogP contribution in [0.2, 0.25) is 0 Å². The van der Waals surface area contributed by atoms with Crippen LogP contribution in [0, 0.1) is 0 Å². The number of rotatable bonds is 4. The van der Waals surface area contributed by atoms with Gasteiger partial charge in [-0.15, -0.1) is 0 Å². The van der Waals surface area contributed by atoms with Crippen molar-refractivity contribution in [2.24, 2.45) is 0 Å². The van der Waals surface area contributed by atoms with E-state index in [1.807, 2.05) is 24.3 Å². The van der Waals surface area contributed by atoms with Crippen molar-refractivity contribution in [3.8, 4) is 5.75 Å². The number of hydrogen-bond donors (Lipinski definition) is 0. The molecule has 0 N–H and O–H groups in total. The van der Waals surface area contributed by atoms with Gasteiger partial charge in [0.25, 0.3) is 0 Å². The number of halogens is 3. The van der Waals surface area contributed by atoms with Gasteiger partial charge in [-0.25, -0.2) is 0 Å². The van der Waals surface area contributed by atoms with Gasteiger partial charge in [0.2, 0.25) is 0 Å². The van der Waals surface area contributed by atoms with Crippen LogP contribution in [0.3, 0.4) is 0 Å². The van der Waals surface area contributed by atoms with Crippen LogP contribution in [0.4, 0.5) is 0 Å². The maximum absolute atomic E-state index is 10.8. The number of carbonyl (C=O) groups excluding carboxylic acids is 1. The van der Waals surface area contributed by atoms with Crippen molar-refractivity contribution in [2.45, 2.75) is 6.61 Å². The zero-order valence-electron chi connectivity index (χ0n) is 9.70. The van der Waals surface area contributed by atoms with Crippen LogP contribution < -0.4 is 4.74 Å². The molecule has 0 heterocycles. The smallest absolute Gasteiger partial charge is 0.150 e. The summed E-state index contributed by atoms with van der Waals surface area (Å²) in [6, 6.07) is 11.3. The number of aldehydes is 1. The lowest BCUT2D eigenvalue weighted by atomic mass is 10.2. The lowest BCUT2D eigenvalue weighted by molar-refractivity contribution is 0.112. The van der Waals surface area contributed by atoms with E-state index < -0.39 is 0 Å². The van der Waals surface area contributed by atoms with Crippen LogP contribution in [0.15, 0.2) is 49.8 Å². The van der Waals surface area contributed by atoms with Gasteiger partial charge in [0.1, 0.15) is 18.6 Å². The van der Waals surface area contributed by atoms with E-state index in [1.165, 1.54) is 0 Å². The molecule has 0 amide bonds. The molecule has 2 aromatic rings. The summed E-state index contributed by atoms with van der Waals surface area (Å²) in [6.45, 7) is 0.444. The third-order valence-corrected chi connectivity index (χ3v) is 4.44. The maximum Gasteiger partial charge on any atom is 0.150 e. The molecular formula is C14H9Br3O2. The topological polar surface area (TPSA) is 26.3 Å². The van der Waals surface area contributed by atoms with E-state index >= 15 is 0 Å². The molecular weight excluding hydrogens is 440 g/mol. The molecule has 2 rings (SSSR count). The van der Waals surface area contributed by atoms with E-state index in [0.29, 0.717) is 17.9 Å². The summed E-state index contributed by atoms with van der Waals surface area (Å²) in [5, 5.41) is 0. The molecule has 2 nitrogen and oxygen atoms in total. The molecule has 98 valence electrons. The lowest BCUT2D eigenvalue weighted by Gasteiger charge is -2.12. The summed E-state index contributed by atoms with van der Waals surface area (Å²) in [5.74, 6) is 0.682. The highest BCUT2D eigenvalue weighted by atomic mass is 79.9. The van der Waals surface area contributed by atoms with Crippen molar-refractivity contribution in [2.75, 3.05) is 0 Å². The zero-order valence-corrected chi connectivity index (χ0v) is 14.5. The first-order chi connectivity index (χ1) is 9.11. The fourth-order valence-corrected chi connectivity index (χ4v) is 3.40. The van der Waals surface area contributed by atoms with Gasteiger partial charge in [-0.2, -0.15) is 0 Å². The van der Waals surface area contributed by atoms with Crippen LogP contribution in [0.25, 0.3) is 0 Å². The van der Waals surface area contributed by atoms with E-state index in [1.54, 1.807) is 12.1 Å². The van der Waals surface area contributed by atoms with E-state index in [0.717, 1.165) is 25.3 Å². The average molecular weight is 449 g/mol. The normalized spacial score (nSPS) is 10.3. The fraction of sp³-hybridized carbons (Fsp3) is 0.0714. The Kier molecular flexibility index (Phi) is 5.19. The van der Waals surface area contributed by atoms with Crippen molar-refractivity contribution in [1.82, 2.24) is 0 Å². The molecule has 0 spiro atoms. The van der Waals surface area contributed by atoms with Crippen LogP contribution in [0.5, 0.6) is 5.75 Å². The third-order valence-electron chi connectivity index (χ3n) is 2.49. The summed E-state index contributed by atoms with van der Waals surface area (Å²) in [7, 11) is 0. The minimum absolute atomic E-state index is 0.444. The molecule has 0 saturated carbocycles. The highest BCUT2D eigenvalue weighted by Gasteiger charge is 2.09. The zero-order chi connectivity index (χ0) is 13.8. The molecule has 0 bridgehead atoms. The Bertz CT molecular complexity index is 588. The maximum atomic E-state index is 10.8. The summed E-state index contributed by atoms with van der Waals surface area (Å²) in [6.07, 6.45) is 0.799. The first kappa shape index (κ1) is 14.8. The lowest BCUT2D eigenvalue weighted by Crippen LogP contribution is -1.98. The average Bonchev–Trinajstić information content (AvgIpc) is 2.39. The Morgan fingerprint density at radius 1 is 1.00 bits per heavy atom. The largest absolute Gasteiger partial charge is 0.486 e. The molecule has 19 heavy (non-hydrogen) atoms. The molecule has 0 aliphatic carbocycles. The fourth-order valence-electron chi connectivity index (χ4n) is 1.55. The Balaban J connectivity index is 2.21. The van der Waals surface area contributed by atoms with Crippen LogP contribution in [-0.2, 0) is 6.61 Å². The quantitative estimate of drug-likeness (QED) is 0.588. The Morgan fingerprint density at radius 3 is 2.21 bits per heavy atom. The number of ether oxygens (including phenoxy) is 1. The van der Waals surface area contributed by atoms with Gasteiger partial charge >= 0.3 is 0 Å². The highest BCUT2D eigenvalue weighted by Crippen LogP contribution is 2.35. The van der Waals surface area contributed by atoms with Crippen molar-refractivity contribution in [3.63, 3.8) is 0 Å². The molecule has 0 radical (unpaired) electrons. The van der Waals surface area contributed by atoms with Crippen LogP contribution >= 0.6 is 47.8 Å². The van der Waals surface area contributed by atoms with Crippen LogP contribution in [0.1, 0.15) is 15.9 Å². The first-order valence-electron chi connectivity index (χ1n) is 5.42. The second kappa shape index (κ2) is 6.68. The standard InChI is InChI=1S/C14H9Br3O2/c15-11-4-2-1-3-10(11)8-19-14-12(16)5-9(7-18)6-13(14)17/h1-7H,8H2. The van der Waals surface area contributed by atoms with Gasteiger partial charge in [-0.1, -0.05) is 34.1 Å². The van der Waals surface area contributed by atoms with Gasteiger partial charge < -0.3 is 4.74 Å². The van der Waals surface area contributed by atoms with Gasteiger partial charge in [0, 0.05) is 15.6 Å². The van der Waals surface area contributed by atoms with Gasteiger partial charge in [-0.05, 0) is 50.1 Å². The molecule has 0 aromatic heterocycles. The monoisotopic (exact) mass is 446 g/mol. The van der Waals surface area contributed by atoms with E-state index in [2.05, 4.69) is 47.8 Å². The van der Waals surface area contributed by atoms with E-state index in [4.69, 9.17) is 4.74 Å². The second-order valence-corrected chi connectivity index (χ2v) is 6.37. The van der Waals surface area contributed by atoms with E-state index in [9.17, 15) is 4.79 Å². The Morgan fingerprint density at radius 2 is 1.63 bits per heavy atom. The van der Waals surface area contributed by atoms with Crippen molar-refractivity contribution >= 4 is 54.1 Å². The molecule has 0 aliphatic rings. The summed E-state index contributed by atoms with van der Waals surface area (Å²) in [4.78, 5) is 10.8. The van der Waals surface area contributed by atoms with Crippen molar-refractivity contribution in [3.05, 3.63) is 60.9 Å². The van der Waals surface area contributed by atoms with E-state index in [-0.39, 0.29) is 0 Å². The summed E-state index contributed by atoms with van der Waals surface area (Å²) in [5.41, 5.74) is 1.65. The molecule has 0 aliphatic heterocycles.